The second-order valence-electron chi connectivity index (χ2n) is 6.57. The van der Waals surface area contributed by atoms with E-state index >= 15 is 0 Å². The van der Waals surface area contributed by atoms with Gasteiger partial charge in [-0.25, -0.2) is 0 Å². The number of rotatable bonds is 6. The molecule has 1 heteroatoms. The van der Waals surface area contributed by atoms with Crippen molar-refractivity contribution in [2.75, 3.05) is 6.54 Å². The molecule has 1 atom stereocenters. The number of hydrogen-bond acceptors (Lipinski definition) is 1. The van der Waals surface area contributed by atoms with E-state index in [2.05, 4.69) is 56.4 Å². The highest BCUT2D eigenvalue weighted by atomic mass is 14.9. The molecule has 1 N–H and O–H groups in total. The van der Waals surface area contributed by atoms with Gasteiger partial charge in [-0.2, -0.15) is 0 Å². The van der Waals surface area contributed by atoms with Gasteiger partial charge in [0.15, 0.2) is 0 Å². The van der Waals surface area contributed by atoms with Crippen LogP contribution in [0.1, 0.15) is 64.5 Å². The zero-order chi connectivity index (χ0) is 13.7. The minimum atomic E-state index is 0.491. The van der Waals surface area contributed by atoms with Crippen LogP contribution in [-0.4, -0.2) is 6.54 Å². The minimum Gasteiger partial charge on any atom is -0.309 e. The van der Waals surface area contributed by atoms with Crippen molar-refractivity contribution in [3.63, 3.8) is 0 Å². The fourth-order valence-electron chi connectivity index (χ4n) is 3.51. The van der Waals surface area contributed by atoms with Crippen molar-refractivity contribution in [2.24, 2.45) is 11.3 Å². The van der Waals surface area contributed by atoms with Crippen LogP contribution in [0.25, 0.3) is 0 Å². The molecule has 0 aromatic heterocycles. The third kappa shape index (κ3) is 3.60. The van der Waals surface area contributed by atoms with Gasteiger partial charge in [-0.1, -0.05) is 63.9 Å². The summed E-state index contributed by atoms with van der Waals surface area (Å²) in [5, 5.41) is 3.87. The van der Waals surface area contributed by atoms with Crippen molar-refractivity contribution in [3.05, 3.63) is 35.9 Å². The highest BCUT2D eigenvalue weighted by Crippen LogP contribution is 2.41. The zero-order valence-electron chi connectivity index (χ0n) is 12.8. The van der Waals surface area contributed by atoms with Crippen molar-refractivity contribution in [1.82, 2.24) is 5.32 Å². The van der Waals surface area contributed by atoms with Gasteiger partial charge in [-0.05, 0) is 36.2 Å². The molecule has 19 heavy (non-hydrogen) atoms. The lowest BCUT2D eigenvalue weighted by Gasteiger charge is -2.32. The van der Waals surface area contributed by atoms with E-state index in [9.17, 15) is 0 Å². The number of nitrogens with one attached hydrogen (secondary N) is 1. The second-order valence-corrected chi connectivity index (χ2v) is 6.57. The first kappa shape index (κ1) is 14.6. The lowest BCUT2D eigenvalue weighted by Crippen LogP contribution is -2.36. The third-order valence-electron chi connectivity index (χ3n) is 4.94. The van der Waals surface area contributed by atoms with Crippen LogP contribution in [0.3, 0.4) is 0 Å². The third-order valence-corrected chi connectivity index (χ3v) is 4.94. The van der Waals surface area contributed by atoms with Gasteiger partial charge >= 0.3 is 0 Å². The second kappa shape index (κ2) is 6.56. The Bertz CT molecular complexity index is 363. The normalized spacial score (nSPS) is 19.8. The van der Waals surface area contributed by atoms with Crippen LogP contribution < -0.4 is 5.32 Å². The Morgan fingerprint density at radius 1 is 1.11 bits per heavy atom. The van der Waals surface area contributed by atoms with Gasteiger partial charge in [-0.3, -0.25) is 0 Å². The molecule has 1 aliphatic rings. The fraction of sp³-hybridized carbons (Fsp3) is 0.667. The van der Waals surface area contributed by atoms with Crippen molar-refractivity contribution in [2.45, 2.75) is 58.9 Å². The molecule has 1 aromatic rings. The van der Waals surface area contributed by atoms with E-state index in [1.165, 1.54) is 44.2 Å². The SMILES string of the molecule is CCC1(CNC(c2ccccc2)C(C)C)CCCC1. The molecule has 0 heterocycles. The molecule has 2 rings (SSSR count). The summed E-state index contributed by atoms with van der Waals surface area (Å²) in [6.45, 7) is 8.18. The van der Waals surface area contributed by atoms with Crippen LogP contribution in [0.15, 0.2) is 30.3 Å². The average Bonchev–Trinajstić information content (AvgIpc) is 2.89. The van der Waals surface area contributed by atoms with Crippen LogP contribution in [-0.2, 0) is 0 Å². The Morgan fingerprint density at radius 3 is 2.26 bits per heavy atom. The standard InChI is InChI=1S/C18H29N/c1-4-18(12-8-9-13-18)14-19-17(15(2)3)16-10-6-5-7-11-16/h5-7,10-11,15,17,19H,4,8-9,12-14H2,1-3H3. The Morgan fingerprint density at radius 2 is 1.74 bits per heavy atom. The monoisotopic (exact) mass is 259 g/mol. The molecular formula is C18H29N. The van der Waals surface area contributed by atoms with E-state index < -0.39 is 0 Å². The first-order chi connectivity index (χ1) is 9.17. The maximum atomic E-state index is 3.87. The lowest BCUT2D eigenvalue weighted by molar-refractivity contribution is 0.242. The largest absolute Gasteiger partial charge is 0.309 e. The molecule has 0 amide bonds. The maximum Gasteiger partial charge on any atom is 0.0343 e. The van der Waals surface area contributed by atoms with Crippen LogP contribution in [0.5, 0.6) is 0 Å². The first-order valence-corrected chi connectivity index (χ1v) is 7.95. The summed E-state index contributed by atoms with van der Waals surface area (Å²) in [7, 11) is 0. The van der Waals surface area contributed by atoms with Crippen LogP contribution in [0, 0.1) is 11.3 Å². The van der Waals surface area contributed by atoms with E-state index in [0.717, 1.165) is 0 Å². The molecule has 1 saturated carbocycles. The molecule has 1 aliphatic carbocycles. The number of benzene rings is 1. The quantitative estimate of drug-likeness (QED) is 0.762. The van der Waals surface area contributed by atoms with Crippen molar-refractivity contribution in [1.29, 1.82) is 0 Å². The summed E-state index contributed by atoms with van der Waals surface area (Å²) >= 11 is 0. The molecule has 0 bridgehead atoms. The van der Waals surface area contributed by atoms with Gasteiger partial charge in [0.05, 0.1) is 0 Å². The summed E-state index contributed by atoms with van der Waals surface area (Å²) < 4.78 is 0. The van der Waals surface area contributed by atoms with Gasteiger partial charge in [0.1, 0.15) is 0 Å². The topological polar surface area (TPSA) is 12.0 Å². The first-order valence-electron chi connectivity index (χ1n) is 7.95. The summed E-state index contributed by atoms with van der Waals surface area (Å²) in [4.78, 5) is 0. The van der Waals surface area contributed by atoms with Gasteiger partial charge in [0, 0.05) is 12.6 Å². The van der Waals surface area contributed by atoms with Gasteiger partial charge < -0.3 is 5.32 Å². The van der Waals surface area contributed by atoms with Gasteiger partial charge in [0.25, 0.3) is 0 Å². The highest BCUT2D eigenvalue weighted by Gasteiger charge is 2.32. The Labute approximate surface area is 118 Å². The molecule has 1 fully saturated rings. The zero-order valence-corrected chi connectivity index (χ0v) is 12.8. The van der Waals surface area contributed by atoms with Crippen molar-refractivity contribution >= 4 is 0 Å². The molecular weight excluding hydrogens is 230 g/mol. The molecule has 106 valence electrons. The Balaban J connectivity index is 2.02. The minimum absolute atomic E-state index is 0.491. The van der Waals surface area contributed by atoms with Crippen LogP contribution >= 0.6 is 0 Å². The molecule has 0 spiro atoms. The molecule has 1 aromatic carbocycles. The van der Waals surface area contributed by atoms with E-state index in [1.807, 2.05) is 0 Å². The van der Waals surface area contributed by atoms with Crippen molar-refractivity contribution < 1.29 is 0 Å². The van der Waals surface area contributed by atoms with Gasteiger partial charge in [0.2, 0.25) is 0 Å². The summed E-state index contributed by atoms with van der Waals surface area (Å²) in [6, 6.07) is 11.4. The summed E-state index contributed by atoms with van der Waals surface area (Å²) in [5.74, 6) is 0.637. The summed E-state index contributed by atoms with van der Waals surface area (Å²) in [6.07, 6.45) is 6.99. The van der Waals surface area contributed by atoms with E-state index in [1.54, 1.807) is 0 Å². The Kier molecular flexibility index (Phi) is 5.04. The predicted molar refractivity (Wildman–Crippen MR) is 83.2 cm³/mol. The maximum absolute atomic E-state index is 3.87. The lowest BCUT2D eigenvalue weighted by atomic mass is 9.82. The Hall–Kier alpha value is -0.820. The van der Waals surface area contributed by atoms with Gasteiger partial charge in [-0.15, -0.1) is 0 Å². The molecule has 0 saturated heterocycles. The van der Waals surface area contributed by atoms with E-state index in [-0.39, 0.29) is 0 Å². The fourth-order valence-corrected chi connectivity index (χ4v) is 3.51. The van der Waals surface area contributed by atoms with Crippen LogP contribution in [0.4, 0.5) is 0 Å². The number of hydrogen-bond donors (Lipinski definition) is 1. The molecule has 1 unspecified atom stereocenters. The van der Waals surface area contributed by atoms with Crippen LogP contribution in [0.2, 0.25) is 0 Å². The summed E-state index contributed by atoms with van der Waals surface area (Å²) in [5.41, 5.74) is 2.00. The smallest absolute Gasteiger partial charge is 0.0343 e. The predicted octanol–water partition coefficient (Wildman–Crippen LogP) is 4.94. The average molecular weight is 259 g/mol. The highest BCUT2D eigenvalue weighted by molar-refractivity contribution is 5.19. The van der Waals surface area contributed by atoms with E-state index in [4.69, 9.17) is 0 Å². The molecule has 1 nitrogen and oxygen atoms in total. The van der Waals surface area contributed by atoms with Crippen molar-refractivity contribution in [3.8, 4) is 0 Å². The molecule has 0 aliphatic heterocycles. The van der Waals surface area contributed by atoms with E-state index in [0.29, 0.717) is 17.4 Å². The molecule has 0 radical (unpaired) electrons.